The summed E-state index contributed by atoms with van der Waals surface area (Å²) < 4.78 is 5.83. The fourth-order valence-electron chi connectivity index (χ4n) is 1.79. The van der Waals surface area contributed by atoms with Crippen LogP contribution in [0.1, 0.15) is 19.3 Å². The third kappa shape index (κ3) is 2.51. The van der Waals surface area contributed by atoms with Gasteiger partial charge in [0.1, 0.15) is 0 Å². The van der Waals surface area contributed by atoms with Gasteiger partial charge in [0.25, 0.3) is 0 Å². The Bertz CT molecular complexity index is 193. The molecule has 2 nitrogen and oxygen atoms in total. The maximum absolute atomic E-state index is 10.2. The normalized spacial score (nSPS) is 29.8. The number of hydrogen-bond donors (Lipinski definition) is 0. The van der Waals surface area contributed by atoms with E-state index in [1.165, 1.54) is 12.5 Å². The van der Waals surface area contributed by atoms with Gasteiger partial charge >= 0.3 is 0 Å². The van der Waals surface area contributed by atoms with Crippen molar-refractivity contribution in [3.63, 3.8) is 0 Å². The highest BCUT2D eigenvalue weighted by atomic mass is 28.3. The minimum Gasteiger partial charge on any atom is -0.375 e. The highest BCUT2D eigenvalue weighted by Gasteiger charge is 2.34. The molecular weight excluding hydrogens is 180 g/mol. The number of ether oxygens (including phenoxy) is 1. The van der Waals surface area contributed by atoms with Crippen molar-refractivity contribution in [1.29, 1.82) is 0 Å². The van der Waals surface area contributed by atoms with E-state index in [4.69, 9.17) is 4.74 Å². The Hall–Kier alpha value is -0.413. The molecule has 1 rings (SSSR count). The lowest BCUT2D eigenvalue weighted by Gasteiger charge is -2.37. The summed E-state index contributed by atoms with van der Waals surface area (Å²) in [7, 11) is -0.907. The van der Waals surface area contributed by atoms with E-state index in [0.717, 1.165) is 19.4 Å². The van der Waals surface area contributed by atoms with E-state index < -0.39 is 8.80 Å². The zero-order chi connectivity index (χ0) is 9.73. The van der Waals surface area contributed by atoms with E-state index in [1.54, 1.807) is 6.29 Å². The Morgan fingerprint density at radius 3 is 2.69 bits per heavy atom. The van der Waals surface area contributed by atoms with Gasteiger partial charge in [0.15, 0.2) is 0 Å². The zero-order valence-electron chi connectivity index (χ0n) is 8.38. The molecule has 0 N–H and O–H groups in total. The first-order valence-electron chi connectivity index (χ1n) is 4.90. The molecule has 1 unspecified atom stereocenters. The third-order valence-electron chi connectivity index (χ3n) is 2.74. The van der Waals surface area contributed by atoms with Crippen molar-refractivity contribution in [2.45, 2.75) is 37.6 Å². The predicted molar refractivity (Wildman–Crippen MR) is 56.2 cm³/mol. The lowest BCUT2D eigenvalue weighted by Crippen LogP contribution is -2.45. The minimum atomic E-state index is -0.907. The summed E-state index contributed by atoms with van der Waals surface area (Å²) in [4.78, 5) is 10.2. The Morgan fingerprint density at radius 2 is 2.23 bits per heavy atom. The van der Waals surface area contributed by atoms with Crippen molar-refractivity contribution in [3.05, 3.63) is 12.2 Å². The van der Waals surface area contributed by atoms with Crippen LogP contribution in [0.5, 0.6) is 0 Å². The average molecular weight is 197 g/mol. The monoisotopic (exact) mass is 197 g/mol. The standard InChI is InChI=1S/C10H17O2Si/c1-13(2)10(7-5-8-11)6-3-4-9-12-10/h5,7,13H,3-4,6,9H2,1-2H3. The fraction of sp³-hybridized carbons (Fsp3) is 0.700. The Labute approximate surface area is 81.6 Å². The second-order valence-electron chi connectivity index (χ2n) is 3.87. The van der Waals surface area contributed by atoms with Crippen LogP contribution in [-0.2, 0) is 9.53 Å². The molecule has 1 aliphatic heterocycles. The van der Waals surface area contributed by atoms with Crippen LogP contribution in [0.3, 0.4) is 0 Å². The van der Waals surface area contributed by atoms with Gasteiger partial charge in [0.05, 0.1) is 14.0 Å². The van der Waals surface area contributed by atoms with E-state index in [2.05, 4.69) is 13.1 Å². The van der Waals surface area contributed by atoms with Crippen LogP contribution < -0.4 is 0 Å². The number of rotatable bonds is 3. The molecule has 13 heavy (non-hydrogen) atoms. The largest absolute Gasteiger partial charge is 0.375 e. The van der Waals surface area contributed by atoms with Crippen molar-refractivity contribution in [2.24, 2.45) is 0 Å². The first-order chi connectivity index (χ1) is 6.21. The first kappa shape index (κ1) is 10.7. The highest BCUT2D eigenvalue weighted by Crippen LogP contribution is 2.28. The van der Waals surface area contributed by atoms with Crippen molar-refractivity contribution < 1.29 is 9.53 Å². The molecule has 0 aromatic carbocycles. The van der Waals surface area contributed by atoms with Gasteiger partial charge in [-0.1, -0.05) is 19.2 Å². The summed E-state index contributed by atoms with van der Waals surface area (Å²) >= 11 is 0. The molecule has 0 spiro atoms. The summed E-state index contributed by atoms with van der Waals surface area (Å²) in [6, 6.07) is 0. The molecule has 0 saturated carbocycles. The van der Waals surface area contributed by atoms with Crippen LogP contribution >= 0.6 is 0 Å². The Kier molecular flexibility index (Phi) is 3.87. The molecular formula is C10H17O2Si. The summed E-state index contributed by atoms with van der Waals surface area (Å²) in [5.74, 6) is 0. The summed E-state index contributed by atoms with van der Waals surface area (Å²) in [6.45, 7) is 5.37. The maximum atomic E-state index is 10.2. The third-order valence-corrected chi connectivity index (χ3v) is 5.35. The molecule has 3 heteroatoms. The van der Waals surface area contributed by atoms with Crippen LogP contribution in [0.25, 0.3) is 0 Å². The highest BCUT2D eigenvalue weighted by molar-refractivity contribution is 6.59. The van der Waals surface area contributed by atoms with E-state index in [-0.39, 0.29) is 5.22 Å². The SMILES string of the molecule is C[SiH](C)C1(C=C[C]=O)CCCCO1. The molecule has 0 aliphatic carbocycles. The van der Waals surface area contributed by atoms with E-state index in [9.17, 15) is 4.79 Å². The maximum Gasteiger partial charge on any atom is 0.225 e. The van der Waals surface area contributed by atoms with Gasteiger partial charge in [-0.15, -0.1) is 0 Å². The summed E-state index contributed by atoms with van der Waals surface area (Å²) in [5, 5.41) is -0.0737. The number of carbonyl (C=O) groups excluding carboxylic acids is 1. The topological polar surface area (TPSA) is 26.3 Å². The molecule has 1 atom stereocenters. The van der Waals surface area contributed by atoms with Gasteiger partial charge in [-0.25, -0.2) is 0 Å². The van der Waals surface area contributed by atoms with Gasteiger partial charge in [0.2, 0.25) is 6.29 Å². The fourth-order valence-corrected chi connectivity index (χ4v) is 3.51. The van der Waals surface area contributed by atoms with Gasteiger partial charge in [-0.05, 0) is 25.3 Å². The lowest BCUT2D eigenvalue weighted by atomic mass is 10.1. The van der Waals surface area contributed by atoms with Gasteiger partial charge < -0.3 is 4.74 Å². The second kappa shape index (κ2) is 4.72. The van der Waals surface area contributed by atoms with Crippen molar-refractivity contribution in [2.75, 3.05) is 6.61 Å². The van der Waals surface area contributed by atoms with Crippen LogP contribution in [-0.4, -0.2) is 26.9 Å². The van der Waals surface area contributed by atoms with Crippen molar-refractivity contribution in [3.8, 4) is 0 Å². The first-order valence-corrected chi connectivity index (χ1v) is 7.79. The molecule has 1 heterocycles. The van der Waals surface area contributed by atoms with Crippen LogP contribution in [0.4, 0.5) is 0 Å². The molecule has 0 bridgehead atoms. The molecule has 73 valence electrons. The predicted octanol–water partition coefficient (Wildman–Crippen LogP) is 1.62. The van der Waals surface area contributed by atoms with Crippen LogP contribution in [0.2, 0.25) is 13.1 Å². The van der Waals surface area contributed by atoms with Gasteiger partial charge in [0, 0.05) is 6.61 Å². The van der Waals surface area contributed by atoms with Gasteiger partial charge in [-0.2, -0.15) is 0 Å². The van der Waals surface area contributed by atoms with E-state index in [1.807, 2.05) is 6.08 Å². The zero-order valence-corrected chi connectivity index (χ0v) is 9.53. The van der Waals surface area contributed by atoms with Crippen molar-refractivity contribution >= 4 is 15.1 Å². The quantitative estimate of drug-likeness (QED) is 0.507. The molecule has 0 aromatic heterocycles. The number of allylic oxidation sites excluding steroid dienone is 1. The summed E-state index contributed by atoms with van der Waals surface area (Å²) in [6.07, 6.45) is 8.65. The molecule has 0 amide bonds. The molecule has 1 radical (unpaired) electrons. The molecule has 0 aromatic rings. The van der Waals surface area contributed by atoms with Crippen LogP contribution in [0, 0.1) is 0 Å². The smallest absolute Gasteiger partial charge is 0.225 e. The summed E-state index contributed by atoms with van der Waals surface area (Å²) in [5.41, 5.74) is 0. The van der Waals surface area contributed by atoms with E-state index in [0.29, 0.717) is 0 Å². The molecule has 1 aliphatic rings. The van der Waals surface area contributed by atoms with Gasteiger partial charge in [-0.3, -0.25) is 4.79 Å². The lowest BCUT2D eigenvalue weighted by molar-refractivity contribution is 0.0105. The van der Waals surface area contributed by atoms with Crippen LogP contribution in [0.15, 0.2) is 12.2 Å². The average Bonchev–Trinajstić information content (AvgIpc) is 2.16. The van der Waals surface area contributed by atoms with E-state index >= 15 is 0 Å². The minimum absolute atomic E-state index is 0.0737. The number of hydrogen-bond acceptors (Lipinski definition) is 2. The molecule has 1 fully saturated rings. The molecule has 1 saturated heterocycles. The second-order valence-corrected chi connectivity index (χ2v) is 7.15. The Balaban J connectivity index is 2.72. The Morgan fingerprint density at radius 1 is 1.46 bits per heavy atom. The van der Waals surface area contributed by atoms with Crippen molar-refractivity contribution in [1.82, 2.24) is 0 Å².